The number of alkyl halides is 2. The maximum atomic E-state index is 12.4. The standard InChI is InChI=1S/C15H18F2N2O2/c1-3-19-8-4-5-12(19)10-18-11-6-7-13(20-2)14(9-11)21-15(16)17/h4-9,15,18H,3,10H2,1-2H3. The SMILES string of the molecule is CCn1cccc1CNc1ccc(OC)c(OC(F)F)c1. The van der Waals surface area contributed by atoms with E-state index in [1.165, 1.54) is 13.2 Å². The van der Waals surface area contributed by atoms with E-state index in [4.69, 9.17) is 4.74 Å². The number of nitrogens with zero attached hydrogens (tertiary/aromatic N) is 1. The maximum Gasteiger partial charge on any atom is 0.387 e. The van der Waals surface area contributed by atoms with Crippen LogP contribution in [0, 0.1) is 0 Å². The molecule has 0 saturated heterocycles. The molecule has 0 amide bonds. The molecule has 1 aromatic heterocycles. The number of hydrogen-bond acceptors (Lipinski definition) is 3. The summed E-state index contributed by atoms with van der Waals surface area (Å²) in [6, 6.07) is 8.84. The van der Waals surface area contributed by atoms with Gasteiger partial charge in [-0.05, 0) is 31.2 Å². The smallest absolute Gasteiger partial charge is 0.387 e. The molecule has 0 unspecified atom stereocenters. The zero-order chi connectivity index (χ0) is 15.2. The molecule has 0 fully saturated rings. The molecule has 0 bridgehead atoms. The quantitative estimate of drug-likeness (QED) is 0.845. The highest BCUT2D eigenvalue weighted by Gasteiger charge is 2.11. The first-order valence-electron chi connectivity index (χ1n) is 6.64. The maximum absolute atomic E-state index is 12.4. The second-order valence-electron chi connectivity index (χ2n) is 4.38. The van der Waals surface area contributed by atoms with Crippen molar-refractivity contribution in [2.24, 2.45) is 0 Å². The molecule has 0 aliphatic rings. The number of benzene rings is 1. The number of rotatable bonds is 7. The first kappa shape index (κ1) is 15.2. The lowest BCUT2D eigenvalue weighted by atomic mass is 10.2. The van der Waals surface area contributed by atoms with Crippen LogP contribution in [-0.4, -0.2) is 18.3 Å². The summed E-state index contributed by atoms with van der Waals surface area (Å²) in [6.45, 7) is 0.658. The Bertz CT molecular complexity index is 585. The summed E-state index contributed by atoms with van der Waals surface area (Å²) in [7, 11) is 1.41. The molecular weight excluding hydrogens is 278 g/mol. The third-order valence-corrected chi connectivity index (χ3v) is 3.12. The Kier molecular flexibility index (Phi) is 5.03. The molecule has 0 aliphatic carbocycles. The van der Waals surface area contributed by atoms with Gasteiger partial charge in [0.1, 0.15) is 0 Å². The van der Waals surface area contributed by atoms with Gasteiger partial charge in [-0.3, -0.25) is 0 Å². The van der Waals surface area contributed by atoms with E-state index in [-0.39, 0.29) is 11.5 Å². The average molecular weight is 296 g/mol. The molecule has 0 aliphatic heterocycles. The molecule has 21 heavy (non-hydrogen) atoms. The molecule has 4 nitrogen and oxygen atoms in total. The fourth-order valence-electron chi connectivity index (χ4n) is 2.09. The Hall–Kier alpha value is -2.24. The Morgan fingerprint density at radius 1 is 1.24 bits per heavy atom. The van der Waals surface area contributed by atoms with Crippen LogP contribution >= 0.6 is 0 Å². The molecular formula is C15H18F2N2O2. The van der Waals surface area contributed by atoms with E-state index >= 15 is 0 Å². The van der Waals surface area contributed by atoms with E-state index < -0.39 is 6.61 Å². The first-order chi connectivity index (χ1) is 10.1. The monoisotopic (exact) mass is 296 g/mol. The van der Waals surface area contributed by atoms with Crippen LogP contribution in [0.25, 0.3) is 0 Å². The summed E-state index contributed by atoms with van der Waals surface area (Å²) in [4.78, 5) is 0. The molecule has 2 rings (SSSR count). The van der Waals surface area contributed by atoms with E-state index in [1.807, 2.05) is 18.3 Å². The van der Waals surface area contributed by atoms with Crippen LogP contribution in [0.15, 0.2) is 36.5 Å². The molecule has 0 spiro atoms. The van der Waals surface area contributed by atoms with Gasteiger partial charge in [-0.25, -0.2) is 0 Å². The summed E-state index contributed by atoms with van der Waals surface area (Å²) < 4.78 is 36.3. The van der Waals surface area contributed by atoms with Crippen LogP contribution in [0.4, 0.5) is 14.5 Å². The molecule has 6 heteroatoms. The van der Waals surface area contributed by atoms with Gasteiger partial charge in [0.2, 0.25) is 0 Å². The largest absolute Gasteiger partial charge is 0.493 e. The van der Waals surface area contributed by atoms with Crippen LogP contribution < -0.4 is 14.8 Å². The van der Waals surface area contributed by atoms with Crippen LogP contribution in [-0.2, 0) is 13.1 Å². The van der Waals surface area contributed by atoms with Crippen molar-refractivity contribution >= 4 is 5.69 Å². The topological polar surface area (TPSA) is 35.4 Å². The van der Waals surface area contributed by atoms with Crippen molar-refractivity contribution in [1.82, 2.24) is 4.57 Å². The summed E-state index contributed by atoms with van der Waals surface area (Å²) in [5.41, 5.74) is 1.81. The normalized spacial score (nSPS) is 10.7. The summed E-state index contributed by atoms with van der Waals surface area (Å²) in [6.07, 6.45) is 2.00. The van der Waals surface area contributed by atoms with Gasteiger partial charge in [-0.15, -0.1) is 0 Å². The highest BCUT2D eigenvalue weighted by molar-refractivity contribution is 5.54. The van der Waals surface area contributed by atoms with Crippen LogP contribution in [0.3, 0.4) is 0 Å². The van der Waals surface area contributed by atoms with Gasteiger partial charge in [0.15, 0.2) is 11.5 Å². The van der Waals surface area contributed by atoms with Crippen LogP contribution in [0.5, 0.6) is 11.5 Å². The molecule has 1 N–H and O–H groups in total. The highest BCUT2D eigenvalue weighted by Crippen LogP contribution is 2.31. The minimum Gasteiger partial charge on any atom is -0.493 e. The molecule has 1 aromatic carbocycles. The Balaban J connectivity index is 2.09. The van der Waals surface area contributed by atoms with Gasteiger partial charge in [-0.2, -0.15) is 8.78 Å². The highest BCUT2D eigenvalue weighted by atomic mass is 19.3. The number of nitrogens with one attached hydrogen (secondary N) is 1. The first-order valence-corrected chi connectivity index (χ1v) is 6.64. The summed E-state index contributed by atoms with van der Waals surface area (Å²) >= 11 is 0. The van der Waals surface area contributed by atoms with Crippen molar-refractivity contribution in [3.8, 4) is 11.5 Å². The van der Waals surface area contributed by atoms with Crippen molar-refractivity contribution in [3.63, 3.8) is 0 Å². The average Bonchev–Trinajstić information content (AvgIpc) is 2.92. The Morgan fingerprint density at radius 3 is 2.71 bits per heavy atom. The number of hydrogen-bond donors (Lipinski definition) is 1. The number of methoxy groups -OCH3 is 1. The van der Waals surface area contributed by atoms with Gasteiger partial charge in [0, 0.05) is 30.2 Å². The van der Waals surface area contributed by atoms with Crippen molar-refractivity contribution in [2.75, 3.05) is 12.4 Å². The molecule has 0 saturated carbocycles. The van der Waals surface area contributed by atoms with E-state index in [2.05, 4.69) is 21.5 Å². The predicted octanol–water partition coefficient (Wildman–Crippen LogP) is 3.73. The Labute approximate surface area is 122 Å². The number of aryl methyl sites for hydroxylation is 1. The van der Waals surface area contributed by atoms with E-state index in [0.29, 0.717) is 12.2 Å². The van der Waals surface area contributed by atoms with Crippen molar-refractivity contribution < 1.29 is 18.3 Å². The summed E-state index contributed by atoms with van der Waals surface area (Å²) in [5.74, 6) is 0.293. The van der Waals surface area contributed by atoms with E-state index in [0.717, 1.165) is 12.2 Å². The molecule has 0 radical (unpaired) electrons. The van der Waals surface area contributed by atoms with E-state index in [9.17, 15) is 8.78 Å². The third-order valence-electron chi connectivity index (χ3n) is 3.12. The van der Waals surface area contributed by atoms with Crippen LogP contribution in [0.2, 0.25) is 0 Å². The summed E-state index contributed by atoms with van der Waals surface area (Å²) in [5, 5.41) is 3.19. The lowest BCUT2D eigenvalue weighted by Gasteiger charge is -2.13. The minimum absolute atomic E-state index is 0.0170. The lowest BCUT2D eigenvalue weighted by Crippen LogP contribution is -2.07. The van der Waals surface area contributed by atoms with Crippen molar-refractivity contribution in [3.05, 3.63) is 42.2 Å². The lowest BCUT2D eigenvalue weighted by molar-refractivity contribution is -0.0511. The van der Waals surface area contributed by atoms with Gasteiger partial charge in [0.25, 0.3) is 0 Å². The zero-order valence-electron chi connectivity index (χ0n) is 12.0. The predicted molar refractivity (Wildman–Crippen MR) is 77.1 cm³/mol. The van der Waals surface area contributed by atoms with Gasteiger partial charge < -0.3 is 19.4 Å². The van der Waals surface area contributed by atoms with Gasteiger partial charge in [0.05, 0.1) is 13.7 Å². The molecule has 1 heterocycles. The van der Waals surface area contributed by atoms with Gasteiger partial charge >= 0.3 is 6.61 Å². The second kappa shape index (κ2) is 6.97. The number of anilines is 1. The van der Waals surface area contributed by atoms with Crippen LogP contribution in [0.1, 0.15) is 12.6 Å². The zero-order valence-corrected chi connectivity index (χ0v) is 12.0. The number of aromatic nitrogens is 1. The second-order valence-corrected chi connectivity index (χ2v) is 4.38. The third kappa shape index (κ3) is 3.87. The van der Waals surface area contributed by atoms with Crippen molar-refractivity contribution in [2.45, 2.75) is 26.6 Å². The van der Waals surface area contributed by atoms with E-state index in [1.54, 1.807) is 12.1 Å². The Morgan fingerprint density at radius 2 is 2.05 bits per heavy atom. The molecule has 2 aromatic rings. The minimum atomic E-state index is -2.88. The van der Waals surface area contributed by atoms with Crippen molar-refractivity contribution in [1.29, 1.82) is 0 Å². The molecule has 0 atom stereocenters. The number of halogens is 2. The molecule has 114 valence electrons. The number of ether oxygens (including phenoxy) is 2. The van der Waals surface area contributed by atoms with Gasteiger partial charge in [-0.1, -0.05) is 0 Å². The fourth-order valence-corrected chi connectivity index (χ4v) is 2.09. The fraction of sp³-hybridized carbons (Fsp3) is 0.333.